The Morgan fingerprint density at radius 1 is 1.22 bits per heavy atom. The molecule has 0 saturated heterocycles. The van der Waals surface area contributed by atoms with Gasteiger partial charge < -0.3 is 0 Å². The number of halogens is 1. The average Bonchev–Trinajstić information content (AvgIpc) is 2.34. The molecule has 0 amide bonds. The summed E-state index contributed by atoms with van der Waals surface area (Å²) in [4.78, 5) is 0. The lowest BCUT2D eigenvalue weighted by molar-refractivity contribution is -0.849. The Labute approximate surface area is 115 Å². The van der Waals surface area contributed by atoms with Gasteiger partial charge in [0.05, 0.1) is 20.0 Å². The number of quaternary nitrogens is 1. The number of hydrogen-bond acceptors (Lipinski definition) is 0. The minimum Gasteiger partial charge on any atom is -0.296 e. The largest absolute Gasteiger partial charge is 0.296 e. The molecule has 1 aliphatic heterocycles. The van der Waals surface area contributed by atoms with Crippen molar-refractivity contribution < 1.29 is 4.48 Å². The highest BCUT2D eigenvalue weighted by atomic mass is 35.5. The van der Waals surface area contributed by atoms with E-state index in [2.05, 4.69) is 51.4 Å². The maximum atomic E-state index is 5.97. The second kappa shape index (κ2) is 5.29. The summed E-state index contributed by atoms with van der Waals surface area (Å²) in [5.74, 6) is 0.474. The molecule has 0 fully saturated rings. The van der Waals surface area contributed by atoms with Crippen LogP contribution in [0.3, 0.4) is 0 Å². The SMILES string of the molecule is CCC(C1=CC=CC[N+]1(C)C)c1ccc(Cl)cc1. The molecule has 1 aromatic carbocycles. The first-order valence-electron chi connectivity index (χ1n) is 6.50. The lowest BCUT2D eigenvalue weighted by Crippen LogP contribution is -2.42. The number of allylic oxidation sites excluding steroid dienone is 3. The molecule has 1 nitrogen and oxygen atoms in total. The Kier molecular flexibility index (Phi) is 3.94. The fourth-order valence-corrected chi connectivity index (χ4v) is 2.77. The number of nitrogens with zero attached hydrogens (tertiary/aromatic N) is 1. The van der Waals surface area contributed by atoms with Crippen LogP contribution >= 0.6 is 11.6 Å². The van der Waals surface area contributed by atoms with E-state index in [0.717, 1.165) is 22.5 Å². The summed E-state index contributed by atoms with van der Waals surface area (Å²) >= 11 is 5.97. The molecule has 1 unspecified atom stereocenters. The average molecular weight is 263 g/mol. The van der Waals surface area contributed by atoms with Gasteiger partial charge in [-0.3, -0.25) is 4.48 Å². The zero-order valence-electron chi connectivity index (χ0n) is 11.4. The van der Waals surface area contributed by atoms with Crippen molar-refractivity contribution in [2.75, 3.05) is 20.6 Å². The van der Waals surface area contributed by atoms with Crippen molar-refractivity contribution >= 4 is 11.6 Å². The third-order valence-electron chi connectivity index (χ3n) is 3.70. The molecule has 1 atom stereocenters. The Balaban J connectivity index is 2.36. The van der Waals surface area contributed by atoms with Crippen LogP contribution < -0.4 is 0 Å². The molecule has 0 saturated carbocycles. The molecule has 0 bridgehead atoms. The standard InChI is InChI=1S/C16H21ClN/c1-4-15(13-8-10-14(17)11-9-13)16-7-5-6-12-18(16,2)3/h5-11,15H,4,12H2,1-3H3/q+1. The number of rotatable bonds is 3. The highest BCUT2D eigenvalue weighted by Crippen LogP contribution is 2.34. The Hall–Kier alpha value is -1.05. The van der Waals surface area contributed by atoms with E-state index in [-0.39, 0.29) is 0 Å². The van der Waals surface area contributed by atoms with Crippen LogP contribution in [0, 0.1) is 0 Å². The predicted octanol–water partition coefficient (Wildman–Crippen LogP) is 4.36. The van der Waals surface area contributed by atoms with Gasteiger partial charge in [-0.2, -0.15) is 0 Å². The maximum absolute atomic E-state index is 5.97. The smallest absolute Gasteiger partial charge is 0.116 e. The van der Waals surface area contributed by atoms with Crippen LogP contribution in [0.4, 0.5) is 0 Å². The first-order chi connectivity index (χ1) is 8.54. The predicted molar refractivity (Wildman–Crippen MR) is 78.7 cm³/mol. The van der Waals surface area contributed by atoms with Gasteiger partial charge in [-0.15, -0.1) is 0 Å². The second-order valence-corrected chi connectivity index (χ2v) is 5.84. The maximum Gasteiger partial charge on any atom is 0.116 e. The van der Waals surface area contributed by atoms with Crippen molar-refractivity contribution in [3.8, 4) is 0 Å². The van der Waals surface area contributed by atoms with Crippen LogP contribution in [0.1, 0.15) is 24.8 Å². The Morgan fingerprint density at radius 2 is 1.89 bits per heavy atom. The first kappa shape index (κ1) is 13.4. The van der Waals surface area contributed by atoms with Crippen LogP contribution in [-0.2, 0) is 0 Å². The van der Waals surface area contributed by atoms with E-state index in [1.807, 2.05) is 12.1 Å². The van der Waals surface area contributed by atoms with Crippen LogP contribution in [-0.4, -0.2) is 25.1 Å². The van der Waals surface area contributed by atoms with Crippen LogP contribution in [0.5, 0.6) is 0 Å². The summed E-state index contributed by atoms with van der Waals surface area (Å²) in [7, 11) is 4.54. The van der Waals surface area contributed by atoms with E-state index in [4.69, 9.17) is 11.6 Å². The van der Waals surface area contributed by atoms with Crippen LogP contribution in [0.25, 0.3) is 0 Å². The molecule has 0 aromatic heterocycles. The molecule has 18 heavy (non-hydrogen) atoms. The van der Waals surface area contributed by atoms with Gasteiger partial charge in [0, 0.05) is 5.02 Å². The van der Waals surface area contributed by atoms with Gasteiger partial charge in [-0.1, -0.05) is 36.7 Å². The minimum atomic E-state index is 0.474. The molecule has 1 aliphatic rings. The van der Waals surface area contributed by atoms with Gasteiger partial charge in [0.1, 0.15) is 12.2 Å². The summed E-state index contributed by atoms with van der Waals surface area (Å²) in [5, 5.41) is 0.805. The highest BCUT2D eigenvalue weighted by molar-refractivity contribution is 6.30. The topological polar surface area (TPSA) is 0 Å². The van der Waals surface area contributed by atoms with Gasteiger partial charge in [0.2, 0.25) is 0 Å². The number of likely N-dealkylation sites (N-methyl/N-ethyl adjacent to an activating group) is 1. The van der Waals surface area contributed by atoms with Crippen molar-refractivity contribution in [2.45, 2.75) is 19.3 Å². The Morgan fingerprint density at radius 3 is 2.44 bits per heavy atom. The van der Waals surface area contributed by atoms with Crippen LogP contribution in [0.15, 0.2) is 48.2 Å². The summed E-state index contributed by atoms with van der Waals surface area (Å²) in [5.41, 5.74) is 2.83. The summed E-state index contributed by atoms with van der Waals surface area (Å²) < 4.78 is 0.942. The number of benzene rings is 1. The summed E-state index contributed by atoms with van der Waals surface area (Å²) in [6.45, 7) is 3.31. The highest BCUT2D eigenvalue weighted by Gasteiger charge is 2.30. The van der Waals surface area contributed by atoms with E-state index >= 15 is 0 Å². The normalized spacial score (nSPS) is 19.4. The van der Waals surface area contributed by atoms with E-state index < -0.39 is 0 Å². The van der Waals surface area contributed by atoms with E-state index in [0.29, 0.717) is 5.92 Å². The van der Waals surface area contributed by atoms with Crippen molar-refractivity contribution in [1.82, 2.24) is 0 Å². The van der Waals surface area contributed by atoms with E-state index in [1.165, 1.54) is 11.3 Å². The van der Waals surface area contributed by atoms with Gasteiger partial charge in [-0.05, 0) is 36.3 Å². The van der Waals surface area contributed by atoms with Gasteiger partial charge in [0.25, 0.3) is 0 Å². The molecule has 1 aromatic rings. The summed E-state index contributed by atoms with van der Waals surface area (Å²) in [6.07, 6.45) is 7.80. The lowest BCUT2D eigenvalue weighted by Gasteiger charge is -2.36. The molecule has 2 rings (SSSR count). The quantitative estimate of drug-likeness (QED) is 0.710. The van der Waals surface area contributed by atoms with Crippen molar-refractivity contribution in [3.63, 3.8) is 0 Å². The lowest BCUT2D eigenvalue weighted by atomic mass is 9.90. The monoisotopic (exact) mass is 262 g/mol. The second-order valence-electron chi connectivity index (χ2n) is 5.40. The van der Waals surface area contributed by atoms with E-state index in [9.17, 15) is 0 Å². The molecule has 0 N–H and O–H groups in total. The molecular weight excluding hydrogens is 242 g/mol. The number of hydrogen-bond donors (Lipinski definition) is 0. The zero-order valence-corrected chi connectivity index (χ0v) is 12.1. The van der Waals surface area contributed by atoms with Crippen molar-refractivity contribution in [3.05, 3.63) is 58.8 Å². The third-order valence-corrected chi connectivity index (χ3v) is 3.95. The van der Waals surface area contributed by atoms with Crippen molar-refractivity contribution in [2.24, 2.45) is 0 Å². The molecule has 1 heterocycles. The molecule has 0 aliphatic carbocycles. The zero-order chi connectivity index (χ0) is 13.2. The summed E-state index contributed by atoms with van der Waals surface area (Å²) in [6, 6.07) is 8.27. The first-order valence-corrected chi connectivity index (χ1v) is 6.88. The molecule has 0 radical (unpaired) electrons. The van der Waals surface area contributed by atoms with Crippen molar-refractivity contribution in [1.29, 1.82) is 0 Å². The van der Waals surface area contributed by atoms with Gasteiger partial charge >= 0.3 is 0 Å². The molecule has 0 spiro atoms. The van der Waals surface area contributed by atoms with Gasteiger partial charge in [0.15, 0.2) is 0 Å². The van der Waals surface area contributed by atoms with Gasteiger partial charge in [-0.25, -0.2) is 0 Å². The minimum absolute atomic E-state index is 0.474. The van der Waals surface area contributed by atoms with Crippen LogP contribution in [0.2, 0.25) is 5.02 Å². The third kappa shape index (κ3) is 2.68. The fourth-order valence-electron chi connectivity index (χ4n) is 2.65. The Bertz CT molecular complexity index is 468. The van der Waals surface area contributed by atoms with E-state index in [1.54, 1.807) is 0 Å². The molecule has 96 valence electrons. The fraction of sp³-hybridized carbons (Fsp3) is 0.375. The molecular formula is C16H21ClN+. The molecule has 2 heteroatoms.